The van der Waals surface area contributed by atoms with Gasteiger partial charge in [-0.25, -0.2) is 4.98 Å². The molecule has 2 fully saturated rings. The van der Waals surface area contributed by atoms with Gasteiger partial charge in [-0.15, -0.1) is 0 Å². The molecule has 1 aromatic carbocycles. The summed E-state index contributed by atoms with van der Waals surface area (Å²) in [4.78, 5) is 22.3. The monoisotopic (exact) mass is 407 g/mol. The summed E-state index contributed by atoms with van der Waals surface area (Å²) in [7, 11) is 0. The highest BCUT2D eigenvalue weighted by Crippen LogP contribution is 2.43. The minimum Gasteiger partial charge on any atom is -0.443 e. The van der Waals surface area contributed by atoms with Crippen molar-refractivity contribution in [2.24, 2.45) is 17.8 Å². The van der Waals surface area contributed by atoms with Crippen LogP contribution in [0.4, 0.5) is 0 Å². The van der Waals surface area contributed by atoms with Crippen LogP contribution in [0.15, 0.2) is 53.3 Å². The van der Waals surface area contributed by atoms with Crippen LogP contribution in [-0.2, 0) is 4.74 Å². The van der Waals surface area contributed by atoms with E-state index in [9.17, 15) is 4.79 Å². The molecule has 1 amide bonds. The van der Waals surface area contributed by atoms with Crippen LogP contribution < -0.4 is 0 Å². The average Bonchev–Trinajstić information content (AvgIpc) is 3.54. The number of allylic oxidation sites excluding steroid dienone is 2. The van der Waals surface area contributed by atoms with Crippen molar-refractivity contribution in [2.45, 2.75) is 12.8 Å². The molecule has 0 spiro atoms. The van der Waals surface area contributed by atoms with E-state index in [0.29, 0.717) is 35.8 Å². The number of rotatable bonds is 7. The van der Waals surface area contributed by atoms with Gasteiger partial charge in [0.1, 0.15) is 0 Å². The first-order chi connectivity index (χ1) is 14.8. The smallest absolute Gasteiger partial charge is 0.276 e. The molecule has 0 N–H and O–H groups in total. The number of aromatic nitrogens is 1. The summed E-state index contributed by atoms with van der Waals surface area (Å²) in [6, 6.07) is 9.76. The first-order valence-corrected chi connectivity index (χ1v) is 11.0. The first-order valence-electron chi connectivity index (χ1n) is 11.0. The van der Waals surface area contributed by atoms with Crippen molar-refractivity contribution in [1.29, 1.82) is 0 Å². The summed E-state index contributed by atoms with van der Waals surface area (Å²) >= 11 is 0. The second kappa shape index (κ2) is 8.74. The zero-order valence-corrected chi connectivity index (χ0v) is 17.3. The topological polar surface area (TPSA) is 58.8 Å². The minimum atomic E-state index is -0.0254. The maximum absolute atomic E-state index is 13.6. The molecule has 6 nitrogen and oxygen atoms in total. The molecule has 2 bridgehead atoms. The van der Waals surface area contributed by atoms with Crippen LogP contribution >= 0.6 is 0 Å². The molecule has 1 saturated heterocycles. The number of oxazole rings is 1. The number of benzene rings is 1. The van der Waals surface area contributed by atoms with Crippen LogP contribution in [0.3, 0.4) is 0 Å². The molecule has 6 heteroatoms. The number of carbonyl (C=O) groups excluding carboxylic acids is 1. The molecule has 3 aliphatic rings. The maximum atomic E-state index is 13.6. The second-order valence-corrected chi connectivity index (χ2v) is 8.64. The average molecular weight is 408 g/mol. The molecule has 30 heavy (non-hydrogen) atoms. The predicted octanol–water partition coefficient (Wildman–Crippen LogP) is 3.33. The maximum Gasteiger partial charge on any atom is 0.276 e. The Morgan fingerprint density at radius 2 is 1.97 bits per heavy atom. The Bertz CT molecular complexity index is 888. The van der Waals surface area contributed by atoms with E-state index in [0.717, 1.165) is 45.0 Å². The van der Waals surface area contributed by atoms with Gasteiger partial charge in [0.25, 0.3) is 5.91 Å². The van der Waals surface area contributed by atoms with Crippen molar-refractivity contribution in [3.8, 4) is 11.3 Å². The van der Waals surface area contributed by atoms with Crippen molar-refractivity contribution >= 4 is 5.91 Å². The highest BCUT2D eigenvalue weighted by molar-refractivity contribution is 5.97. The molecule has 2 heterocycles. The molecule has 0 unspecified atom stereocenters. The van der Waals surface area contributed by atoms with Gasteiger partial charge in [-0.3, -0.25) is 9.69 Å². The normalized spacial score (nSPS) is 25.7. The van der Waals surface area contributed by atoms with Crippen molar-refractivity contribution in [2.75, 3.05) is 45.9 Å². The highest BCUT2D eigenvalue weighted by Gasteiger charge is 2.38. The Morgan fingerprint density at radius 3 is 2.70 bits per heavy atom. The van der Waals surface area contributed by atoms with Crippen molar-refractivity contribution < 1.29 is 13.9 Å². The molecule has 1 aliphatic heterocycles. The largest absolute Gasteiger partial charge is 0.443 e. The van der Waals surface area contributed by atoms with E-state index in [1.165, 1.54) is 19.2 Å². The third-order valence-corrected chi connectivity index (χ3v) is 6.75. The number of morpholine rings is 1. The predicted molar refractivity (Wildman–Crippen MR) is 114 cm³/mol. The summed E-state index contributed by atoms with van der Waals surface area (Å²) in [5.74, 6) is 2.39. The fourth-order valence-electron chi connectivity index (χ4n) is 5.09. The van der Waals surface area contributed by atoms with Crippen molar-refractivity contribution in [1.82, 2.24) is 14.8 Å². The Kier molecular flexibility index (Phi) is 5.69. The second-order valence-electron chi connectivity index (χ2n) is 8.64. The Labute approximate surface area is 177 Å². The molecule has 1 aromatic heterocycles. The SMILES string of the molecule is O=C(c1ncoc1-c1ccccc1)N(CCN1CCOCC1)C[C@H]1C[C@@H]2C=C[C@H]1C2. The fraction of sp³-hybridized carbons (Fsp3) is 0.500. The van der Waals surface area contributed by atoms with Gasteiger partial charge in [0.05, 0.1) is 13.2 Å². The number of ether oxygens (including phenoxy) is 1. The number of nitrogens with zero attached hydrogens (tertiary/aromatic N) is 3. The van der Waals surface area contributed by atoms with E-state index in [-0.39, 0.29) is 5.91 Å². The zero-order valence-electron chi connectivity index (χ0n) is 17.3. The van der Waals surface area contributed by atoms with Gasteiger partial charge in [0.15, 0.2) is 17.8 Å². The van der Waals surface area contributed by atoms with E-state index in [2.05, 4.69) is 22.0 Å². The van der Waals surface area contributed by atoms with Gasteiger partial charge in [0.2, 0.25) is 0 Å². The summed E-state index contributed by atoms with van der Waals surface area (Å²) in [5, 5.41) is 0. The lowest BCUT2D eigenvalue weighted by Gasteiger charge is -2.32. The van der Waals surface area contributed by atoms with Crippen LogP contribution in [0.1, 0.15) is 23.3 Å². The molecular weight excluding hydrogens is 378 g/mol. The number of amides is 1. The van der Waals surface area contributed by atoms with E-state index in [1.54, 1.807) is 0 Å². The molecule has 2 aromatic rings. The van der Waals surface area contributed by atoms with Crippen LogP contribution in [-0.4, -0.2) is 66.6 Å². The lowest BCUT2D eigenvalue weighted by atomic mass is 9.93. The van der Waals surface area contributed by atoms with Crippen LogP contribution in [0, 0.1) is 17.8 Å². The molecule has 0 radical (unpaired) electrons. The third-order valence-electron chi connectivity index (χ3n) is 6.75. The zero-order chi connectivity index (χ0) is 20.3. The molecule has 158 valence electrons. The van der Waals surface area contributed by atoms with Gasteiger partial charge < -0.3 is 14.1 Å². The molecule has 1 saturated carbocycles. The Hall–Kier alpha value is -2.44. The standard InChI is InChI=1S/C24H29N3O3/c28-24(22-23(30-17-25-22)19-4-2-1-3-5-19)27(9-8-26-10-12-29-13-11-26)16-21-15-18-6-7-20(21)14-18/h1-7,17-18,20-21H,8-16H2/t18-,20+,21-/m1/s1. The molecule has 5 rings (SSSR count). The molecule has 3 atom stereocenters. The van der Waals surface area contributed by atoms with Crippen LogP contribution in [0.25, 0.3) is 11.3 Å². The van der Waals surface area contributed by atoms with Crippen molar-refractivity contribution in [3.63, 3.8) is 0 Å². The van der Waals surface area contributed by atoms with E-state index < -0.39 is 0 Å². The first kappa shape index (κ1) is 19.5. The van der Waals surface area contributed by atoms with E-state index in [4.69, 9.17) is 9.15 Å². The number of hydrogen-bond acceptors (Lipinski definition) is 5. The van der Waals surface area contributed by atoms with Gasteiger partial charge in [0, 0.05) is 38.3 Å². The summed E-state index contributed by atoms with van der Waals surface area (Å²) < 4.78 is 11.1. The highest BCUT2D eigenvalue weighted by atomic mass is 16.5. The Morgan fingerprint density at radius 1 is 1.13 bits per heavy atom. The van der Waals surface area contributed by atoms with Crippen molar-refractivity contribution in [3.05, 3.63) is 54.6 Å². The molecular formula is C24H29N3O3. The van der Waals surface area contributed by atoms with Gasteiger partial charge in [-0.05, 0) is 30.6 Å². The van der Waals surface area contributed by atoms with Crippen LogP contribution in [0.2, 0.25) is 0 Å². The lowest BCUT2D eigenvalue weighted by Crippen LogP contribution is -2.45. The quantitative estimate of drug-likeness (QED) is 0.659. The van der Waals surface area contributed by atoms with Crippen LogP contribution in [0.5, 0.6) is 0 Å². The number of fused-ring (bicyclic) bond motifs is 2. The number of hydrogen-bond donors (Lipinski definition) is 0. The summed E-state index contributed by atoms with van der Waals surface area (Å²) in [6.45, 7) is 5.76. The lowest BCUT2D eigenvalue weighted by molar-refractivity contribution is 0.0312. The van der Waals surface area contributed by atoms with Gasteiger partial charge in [-0.1, -0.05) is 42.5 Å². The summed E-state index contributed by atoms with van der Waals surface area (Å²) in [5.41, 5.74) is 1.30. The fourth-order valence-corrected chi connectivity index (χ4v) is 5.09. The van der Waals surface area contributed by atoms with E-state index in [1.807, 2.05) is 35.2 Å². The van der Waals surface area contributed by atoms with E-state index >= 15 is 0 Å². The number of carbonyl (C=O) groups is 1. The Balaban J connectivity index is 1.34. The van der Waals surface area contributed by atoms with Gasteiger partial charge in [-0.2, -0.15) is 0 Å². The minimum absolute atomic E-state index is 0.0254. The summed E-state index contributed by atoms with van der Waals surface area (Å²) in [6.07, 6.45) is 8.53. The molecule has 2 aliphatic carbocycles. The third kappa shape index (κ3) is 4.07. The van der Waals surface area contributed by atoms with Gasteiger partial charge >= 0.3 is 0 Å².